The molecule has 0 saturated carbocycles. The zero-order valence-corrected chi connectivity index (χ0v) is 11.4. The van der Waals surface area contributed by atoms with Crippen molar-refractivity contribution in [3.05, 3.63) is 72.6 Å². The quantitative estimate of drug-likeness (QED) is 0.769. The van der Waals surface area contributed by atoms with Crippen LogP contribution >= 0.6 is 0 Å². The molecule has 0 radical (unpaired) electrons. The molecule has 21 heavy (non-hydrogen) atoms. The Morgan fingerprint density at radius 3 is 2.71 bits per heavy atom. The summed E-state index contributed by atoms with van der Waals surface area (Å²) in [5.41, 5.74) is 1.82. The van der Waals surface area contributed by atoms with Crippen molar-refractivity contribution in [2.24, 2.45) is 0 Å². The summed E-state index contributed by atoms with van der Waals surface area (Å²) in [6.45, 7) is 0.496. The monoisotopic (exact) mass is 277 g/mol. The number of hydrogen-bond donors (Lipinski definition) is 2. The maximum atomic E-state index is 12.0. The average molecular weight is 277 g/mol. The summed E-state index contributed by atoms with van der Waals surface area (Å²) in [6.07, 6.45) is 3.49. The highest BCUT2D eigenvalue weighted by Crippen LogP contribution is 2.21. The van der Waals surface area contributed by atoms with Crippen molar-refractivity contribution < 1.29 is 4.79 Å². The third-order valence-corrected chi connectivity index (χ3v) is 3.23. The normalized spacial score (nSPS) is 10.3. The highest BCUT2D eigenvalue weighted by molar-refractivity contribution is 6.01. The maximum absolute atomic E-state index is 12.0. The standard InChI is InChI=1S/C17H15N3O/c21-17(19-11-13-5-2-1-3-6-13)20-16-8-4-7-14-9-10-18-12-15(14)16/h1-10,12H,11H2,(H2,19,20,21). The summed E-state index contributed by atoms with van der Waals surface area (Å²) >= 11 is 0. The molecule has 104 valence electrons. The van der Waals surface area contributed by atoms with Crippen LogP contribution in [0.15, 0.2) is 67.0 Å². The molecule has 2 N–H and O–H groups in total. The zero-order valence-electron chi connectivity index (χ0n) is 11.4. The van der Waals surface area contributed by atoms with Gasteiger partial charge in [0.25, 0.3) is 0 Å². The topological polar surface area (TPSA) is 54.0 Å². The number of carbonyl (C=O) groups is 1. The van der Waals surface area contributed by atoms with E-state index in [0.717, 1.165) is 22.0 Å². The number of amides is 2. The minimum Gasteiger partial charge on any atom is -0.334 e. The number of rotatable bonds is 3. The van der Waals surface area contributed by atoms with Gasteiger partial charge in [0, 0.05) is 24.3 Å². The Morgan fingerprint density at radius 1 is 1.00 bits per heavy atom. The second-order valence-electron chi connectivity index (χ2n) is 4.70. The molecule has 0 aliphatic heterocycles. The zero-order chi connectivity index (χ0) is 14.5. The summed E-state index contributed by atoms with van der Waals surface area (Å²) in [7, 11) is 0. The highest BCUT2D eigenvalue weighted by atomic mass is 16.2. The molecule has 0 unspecified atom stereocenters. The van der Waals surface area contributed by atoms with E-state index in [9.17, 15) is 4.79 Å². The lowest BCUT2D eigenvalue weighted by Gasteiger charge is -2.10. The molecule has 2 amide bonds. The van der Waals surface area contributed by atoms with E-state index in [1.807, 2.05) is 54.6 Å². The van der Waals surface area contributed by atoms with Gasteiger partial charge in [0.2, 0.25) is 0 Å². The number of nitrogens with zero attached hydrogens (tertiary/aromatic N) is 1. The van der Waals surface area contributed by atoms with Gasteiger partial charge in [0.1, 0.15) is 0 Å². The van der Waals surface area contributed by atoms with Crippen LogP contribution in [0.1, 0.15) is 5.56 Å². The lowest BCUT2D eigenvalue weighted by atomic mass is 10.1. The van der Waals surface area contributed by atoms with Crippen LogP contribution in [0, 0.1) is 0 Å². The first-order valence-electron chi connectivity index (χ1n) is 6.74. The molecule has 0 spiro atoms. The molecule has 2 aromatic carbocycles. The molecular formula is C17H15N3O. The fourth-order valence-corrected chi connectivity index (χ4v) is 2.17. The molecule has 0 saturated heterocycles. The smallest absolute Gasteiger partial charge is 0.319 e. The summed E-state index contributed by atoms with van der Waals surface area (Å²) in [5, 5.41) is 7.68. The van der Waals surface area contributed by atoms with E-state index in [2.05, 4.69) is 15.6 Å². The molecule has 0 aliphatic rings. The Kier molecular flexibility index (Phi) is 3.78. The molecule has 4 heteroatoms. The third kappa shape index (κ3) is 3.17. The minimum absolute atomic E-state index is 0.227. The SMILES string of the molecule is O=C(NCc1ccccc1)Nc1cccc2ccncc12. The molecule has 4 nitrogen and oxygen atoms in total. The van der Waals surface area contributed by atoms with Crippen molar-refractivity contribution in [2.75, 3.05) is 5.32 Å². The Labute approximate surface area is 122 Å². The van der Waals surface area contributed by atoms with Crippen LogP contribution in [0.25, 0.3) is 10.8 Å². The third-order valence-electron chi connectivity index (χ3n) is 3.23. The number of aromatic nitrogens is 1. The van der Waals surface area contributed by atoms with Crippen molar-refractivity contribution in [1.29, 1.82) is 0 Å². The van der Waals surface area contributed by atoms with Gasteiger partial charge >= 0.3 is 6.03 Å². The largest absolute Gasteiger partial charge is 0.334 e. The molecule has 0 atom stereocenters. The van der Waals surface area contributed by atoms with Crippen molar-refractivity contribution in [3.63, 3.8) is 0 Å². The lowest BCUT2D eigenvalue weighted by molar-refractivity contribution is 0.252. The van der Waals surface area contributed by atoms with Gasteiger partial charge in [-0.3, -0.25) is 4.98 Å². The van der Waals surface area contributed by atoms with Gasteiger partial charge in [-0.15, -0.1) is 0 Å². The van der Waals surface area contributed by atoms with Crippen LogP contribution in [-0.4, -0.2) is 11.0 Å². The van der Waals surface area contributed by atoms with Gasteiger partial charge in [-0.2, -0.15) is 0 Å². The number of benzene rings is 2. The van der Waals surface area contributed by atoms with Crippen LogP contribution in [-0.2, 0) is 6.54 Å². The second-order valence-corrected chi connectivity index (χ2v) is 4.70. The minimum atomic E-state index is -0.227. The van der Waals surface area contributed by atoms with Crippen LogP contribution in [0.3, 0.4) is 0 Å². The van der Waals surface area contributed by atoms with E-state index in [0.29, 0.717) is 6.54 Å². The molecule has 1 heterocycles. The number of hydrogen-bond acceptors (Lipinski definition) is 2. The fourth-order valence-electron chi connectivity index (χ4n) is 2.17. The summed E-state index contributed by atoms with van der Waals surface area (Å²) < 4.78 is 0. The van der Waals surface area contributed by atoms with Crippen molar-refractivity contribution >= 4 is 22.5 Å². The number of nitrogens with one attached hydrogen (secondary N) is 2. The number of carbonyl (C=O) groups excluding carboxylic acids is 1. The van der Waals surface area contributed by atoms with Crippen molar-refractivity contribution in [2.45, 2.75) is 6.54 Å². The van der Waals surface area contributed by atoms with E-state index in [1.54, 1.807) is 12.4 Å². The van der Waals surface area contributed by atoms with Gasteiger partial charge in [0.05, 0.1) is 5.69 Å². The van der Waals surface area contributed by atoms with Gasteiger partial charge in [-0.1, -0.05) is 42.5 Å². The van der Waals surface area contributed by atoms with Crippen molar-refractivity contribution in [3.8, 4) is 0 Å². The van der Waals surface area contributed by atoms with E-state index in [4.69, 9.17) is 0 Å². The Hall–Kier alpha value is -2.88. The van der Waals surface area contributed by atoms with E-state index >= 15 is 0 Å². The van der Waals surface area contributed by atoms with Gasteiger partial charge in [-0.25, -0.2) is 4.79 Å². The molecule has 0 fully saturated rings. The molecule has 3 aromatic rings. The Bertz CT molecular complexity index is 751. The van der Waals surface area contributed by atoms with Crippen LogP contribution < -0.4 is 10.6 Å². The van der Waals surface area contributed by atoms with Crippen LogP contribution in [0.5, 0.6) is 0 Å². The van der Waals surface area contributed by atoms with Crippen LogP contribution in [0.2, 0.25) is 0 Å². The molecule has 1 aromatic heterocycles. The first-order chi connectivity index (χ1) is 10.3. The second kappa shape index (κ2) is 6.05. The summed E-state index contributed by atoms with van der Waals surface area (Å²) in [5.74, 6) is 0. The molecule has 3 rings (SSSR count). The van der Waals surface area contributed by atoms with Gasteiger partial charge in [0.15, 0.2) is 0 Å². The van der Waals surface area contributed by atoms with E-state index < -0.39 is 0 Å². The average Bonchev–Trinajstić information content (AvgIpc) is 2.54. The summed E-state index contributed by atoms with van der Waals surface area (Å²) in [4.78, 5) is 16.1. The predicted octanol–water partition coefficient (Wildman–Crippen LogP) is 3.56. The number of urea groups is 1. The first kappa shape index (κ1) is 13.1. The Morgan fingerprint density at radius 2 is 1.86 bits per heavy atom. The van der Waals surface area contributed by atoms with Crippen molar-refractivity contribution in [1.82, 2.24) is 10.3 Å². The Balaban J connectivity index is 1.69. The molecule has 0 bridgehead atoms. The van der Waals surface area contributed by atoms with Gasteiger partial charge < -0.3 is 10.6 Å². The first-order valence-corrected chi connectivity index (χ1v) is 6.74. The predicted molar refractivity (Wildman–Crippen MR) is 84.0 cm³/mol. The molecule has 0 aliphatic carbocycles. The fraction of sp³-hybridized carbons (Fsp3) is 0.0588. The summed E-state index contributed by atoms with van der Waals surface area (Å²) in [6, 6.07) is 17.3. The van der Waals surface area contributed by atoms with Crippen LogP contribution in [0.4, 0.5) is 10.5 Å². The highest BCUT2D eigenvalue weighted by Gasteiger charge is 2.05. The van der Waals surface area contributed by atoms with E-state index in [-0.39, 0.29) is 6.03 Å². The van der Waals surface area contributed by atoms with E-state index in [1.165, 1.54) is 0 Å². The number of anilines is 1. The number of fused-ring (bicyclic) bond motifs is 1. The number of pyridine rings is 1. The van der Waals surface area contributed by atoms with Gasteiger partial charge in [-0.05, 0) is 23.1 Å². The molecular weight excluding hydrogens is 262 g/mol. The maximum Gasteiger partial charge on any atom is 0.319 e. The lowest BCUT2D eigenvalue weighted by Crippen LogP contribution is -2.28.